The van der Waals surface area contributed by atoms with Crippen LogP contribution in [0.25, 0.3) is 0 Å². The summed E-state index contributed by atoms with van der Waals surface area (Å²) in [6.07, 6.45) is 1.80. The van der Waals surface area contributed by atoms with Gasteiger partial charge in [0, 0.05) is 6.54 Å². The molecule has 1 amide bonds. The SMILES string of the molecule is COc1cccc(C2CCCN2C(=O)c2ccc(C(=O)O)c(C)n2)c1. The maximum atomic E-state index is 12.9. The van der Waals surface area contributed by atoms with Gasteiger partial charge in [0.15, 0.2) is 0 Å². The van der Waals surface area contributed by atoms with Crippen LogP contribution < -0.4 is 4.74 Å². The fourth-order valence-corrected chi connectivity index (χ4v) is 3.26. The van der Waals surface area contributed by atoms with Crippen molar-refractivity contribution in [3.63, 3.8) is 0 Å². The molecular weight excluding hydrogens is 320 g/mol. The van der Waals surface area contributed by atoms with Gasteiger partial charge in [0.25, 0.3) is 5.91 Å². The smallest absolute Gasteiger partial charge is 0.337 e. The Hall–Kier alpha value is -2.89. The van der Waals surface area contributed by atoms with Crippen molar-refractivity contribution in [3.8, 4) is 5.75 Å². The third-order valence-electron chi connectivity index (χ3n) is 4.53. The summed E-state index contributed by atoms with van der Waals surface area (Å²) in [4.78, 5) is 30.0. The van der Waals surface area contributed by atoms with E-state index in [2.05, 4.69) is 4.98 Å². The van der Waals surface area contributed by atoms with E-state index in [9.17, 15) is 9.59 Å². The second-order valence-corrected chi connectivity index (χ2v) is 6.07. The maximum Gasteiger partial charge on any atom is 0.337 e. The lowest BCUT2D eigenvalue weighted by Gasteiger charge is -2.25. The number of amides is 1. The van der Waals surface area contributed by atoms with Gasteiger partial charge in [0.1, 0.15) is 11.4 Å². The number of carboxylic acids is 1. The summed E-state index contributed by atoms with van der Waals surface area (Å²) in [6.45, 7) is 2.26. The normalized spacial score (nSPS) is 16.7. The number of hydrogen-bond donors (Lipinski definition) is 1. The van der Waals surface area contributed by atoms with E-state index >= 15 is 0 Å². The molecule has 0 aliphatic carbocycles. The van der Waals surface area contributed by atoms with Crippen LogP contribution in [0.2, 0.25) is 0 Å². The first-order valence-electron chi connectivity index (χ1n) is 8.17. The van der Waals surface area contributed by atoms with E-state index in [4.69, 9.17) is 9.84 Å². The molecule has 3 rings (SSSR count). The zero-order valence-corrected chi connectivity index (χ0v) is 14.2. The Balaban J connectivity index is 1.88. The minimum absolute atomic E-state index is 0.0242. The molecule has 0 bridgehead atoms. The monoisotopic (exact) mass is 340 g/mol. The Bertz CT molecular complexity index is 819. The van der Waals surface area contributed by atoms with Gasteiger partial charge in [-0.1, -0.05) is 12.1 Å². The predicted molar refractivity (Wildman–Crippen MR) is 91.9 cm³/mol. The molecule has 0 spiro atoms. The van der Waals surface area contributed by atoms with Crippen LogP contribution in [-0.2, 0) is 0 Å². The summed E-state index contributed by atoms with van der Waals surface area (Å²) < 4.78 is 5.27. The van der Waals surface area contributed by atoms with Crippen LogP contribution in [0.4, 0.5) is 0 Å². The average molecular weight is 340 g/mol. The van der Waals surface area contributed by atoms with Crippen molar-refractivity contribution in [2.45, 2.75) is 25.8 Å². The van der Waals surface area contributed by atoms with Crippen LogP contribution in [0.15, 0.2) is 36.4 Å². The number of rotatable bonds is 4. The van der Waals surface area contributed by atoms with E-state index in [1.807, 2.05) is 24.3 Å². The number of aromatic nitrogens is 1. The summed E-state index contributed by atoms with van der Waals surface area (Å²) >= 11 is 0. The first-order valence-corrected chi connectivity index (χ1v) is 8.17. The molecule has 1 aliphatic rings. The molecule has 2 heterocycles. The van der Waals surface area contributed by atoms with Crippen molar-refractivity contribution < 1.29 is 19.4 Å². The summed E-state index contributed by atoms with van der Waals surface area (Å²) in [5.74, 6) is -0.457. The number of aromatic carboxylic acids is 1. The second-order valence-electron chi connectivity index (χ2n) is 6.07. The third-order valence-corrected chi connectivity index (χ3v) is 4.53. The van der Waals surface area contributed by atoms with Crippen molar-refractivity contribution in [1.29, 1.82) is 0 Å². The van der Waals surface area contributed by atoms with Gasteiger partial charge in [-0.25, -0.2) is 9.78 Å². The summed E-state index contributed by atoms with van der Waals surface area (Å²) in [6, 6.07) is 10.6. The van der Waals surface area contributed by atoms with Gasteiger partial charge in [-0.05, 0) is 49.6 Å². The van der Waals surface area contributed by atoms with Gasteiger partial charge in [-0.2, -0.15) is 0 Å². The van der Waals surface area contributed by atoms with E-state index in [0.717, 1.165) is 24.2 Å². The predicted octanol–water partition coefficient (Wildman–Crippen LogP) is 3.07. The van der Waals surface area contributed by atoms with Crippen LogP contribution in [-0.4, -0.2) is 40.5 Å². The molecule has 0 saturated carbocycles. The Labute approximate surface area is 146 Å². The Morgan fingerprint density at radius 3 is 2.76 bits per heavy atom. The Morgan fingerprint density at radius 2 is 2.08 bits per heavy atom. The number of pyridine rings is 1. The fraction of sp³-hybridized carbons (Fsp3) is 0.316. The number of carboxylic acid groups (broad SMARTS) is 1. The van der Waals surface area contributed by atoms with Gasteiger partial charge in [0.2, 0.25) is 0 Å². The molecule has 1 N–H and O–H groups in total. The van der Waals surface area contributed by atoms with Crippen LogP contribution in [0.3, 0.4) is 0 Å². The highest BCUT2D eigenvalue weighted by Crippen LogP contribution is 2.34. The van der Waals surface area contributed by atoms with Crippen LogP contribution in [0, 0.1) is 6.92 Å². The highest BCUT2D eigenvalue weighted by Gasteiger charge is 2.31. The first kappa shape index (κ1) is 17.0. The molecule has 1 fully saturated rings. The van der Waals surface area contributed by atoms with Crippen molar-refractivity contribution in [2.75, 3.05) is 13.7 Å². The molecule has 25 heavy (non-hydrogen) atoms. The van der Waals surface area contributed by atoms with Crippen molar-refractivity contribution in [1.82, 2.24) is 9.88 Å². The number of benzene rings is 1. The number of hydrogen-bond acceptors (Lipinski definition) is 4. The topological polar surface area (TPSA) is 79.7 Å². The molecule has 130 valence electrons. The molecule has 1 saturated heterocycles. The second kappa shape index (κ2) is 6.93. The zero-order valence-electron chi connectivity index (χ0n) is 14.2. The van der Waals surface area contributed by atoms with Crippen LogP contribution in [0.1, 0.15) is 51.0 Å². The zero-order chi connectivity index (χ0) is 18.0. The van der Waals surface area contributed by atoms with Crippen molar-refractivity contribution in [2.24, 2.45) is 0 Å². The lowest BCUT2D eigenvalue weighted by atomic mass is 10.0. The number of nitrogens with zero attached hydrogens (tertiary/aromatic N) is 2. The van der Waals surface area contributed by atoms with E-state index in [1.165, 1.54) is 12.1 Å². The standard InChI is InChI=1S/C19H20N2O4/c1-12-15(19(23)24)8-9-16(20-12)18(22)21-10-4-7-17(21)13-5-3-6-14(11-13)25-2/h3,5-6,8-9,11,17H,4,7,10H2,1-2H3,(H,23,24). The molecule has 1 aromatic heterocycles. The number of carbonyl (C=O) groups excluding carboxylic acids is 1. The minimum atomic E-state index is -1.04. The molecule has 1 aliphatic heterocycles. The molecule has 2 aromatic rings. The lowest BCUT2D eigenvalue weighted by Crippen LogP contribution is -2.31. The Kier molecular flexibility index (Phi) is 4.70. The molecule has 6 heteroatoms. The van der Waals surface area contributed by atoms with Gasteiger partial charge in [-0.3, -0.25) is 4.79 Å². The van der Waals surface area contributed by atoms with Gasteiger partial charge >= 0.3 is 5.97 Å². The van der Waals surface area contributed by atoms with E-state index in [0.29, 0.717) is 12.2 Å². The first-order chi connectivity index (χ1) is 12.0. The van der Waals surface area contributed by atoms with Gasteiger partial charge < -0.3 is 14.7 Å². The highest BCUT2D eigenvalue weighted by atomic mass is 16.5. The molecule has 1 aromatic carbocycles. The molecule has 6 nitrogen and oxygen atoms in total. The maximum absolute atomic E-state index is 12.9. The summed E-state index contributed by atoms with van der Waals surface area (Å²) in [5, 5.41) is 9.10. The lowest BCUT2D eigenvalue weighted by molar-refractivity contribution is 0.0689. The summed E-state index contributed by atoms with van der Waals surface area (Å²) in [5.41, 5.74) is 1.76. The van der Waals surface area contributed by atoms with Crippen LogP contribution >= 0.6 is 0 Å². The molecular formula is C19H20N2O4. The average Bonchev–Trinajstić information content (AvgIpc) is 3.10. The molecule has 1 unspecified atom stereocenters. The van der Waals surface area contributed by atoms with Crippen molar-refractivity contribution in [3.05, 3.63) is 58.9 Å². The summed E-state index contributed by atoms with van der Waals surface area (Å²) in [7, 11) is 1.62. The number of methoxy groups -OCH3 is 1. The quantitative estimate of drug-likeness (QED) is 0.925. The van der Waals surface area contributed by atoms with Crippen molar-refractivity contribution >= 4 is 11.9 Å². The number of carbonyl (C=O) groups is 2. The number of ether oxygens (including phenoxy) is 1. The Morgan fingerprint density at radius 1 is 1.28 bits per heavy atom. The van der Waals surface area contributed by atoms with E-state index in [1.54, 1.807) is 18.9 Å². The fourth-order valence-electron chi connectivity index (χ4n) is 3.26. The van der Waals surface area contributed by atoms with E-state index in [-0.39, 0.29) is 23.2 Å². The largest absolute Gasteiger partial charge is 0.497 e. The third kappa shape index (κ3) is 3.33. The van der Waals surface area contributed by atoms with E-state index < -0.39 is 5.97 Å². The molecule has 1 atom stereocenters. The minimum Gasteiger partial charge on any atom is -0.497 e. The number of aryl methyl sites for hydroxylation is 1. The van der Waals surface area contributed by atoms with Gasteiger partial charge in [-0.15, -0.1) is 0 Å². The molecule has 0 radical (unpaired) electrons. The van der Waals surface area contributed by atoms with Gasteiger partial charge in [0.05, 0.1) is 24.4 Å². The highest BCUT2D eigenvalue weighted by molar-refractivity contribution is 5.94. The van der Waals surface area contributed by atoms with Crippen LogP contribution in [0.5, 0.6) is 5.75 Å². The number of likely N-dealkylation sites (tertiary alicyclic amines) is 1.